The fraction of sp³-hybridized carbons (Fsp3) is 0.583. The molecule has 3 heteroatoms. The van der Waals surface area contributed by atoms with Crippen molar-refractivity contribution in [2.24, 2.45) is 0 Å². The Balaban J connectivity index is 2.41. The van der Waals surface area contributed by atoms with E-state index in [-0.39, 0.29) is 5.56 Å². The molecule has 0 amide bonds. The molecule has 1 aromatic rings. The molecule has 1 aromatic heterocycles. The average molecular weight is 208 g/mol. The topological polar surface area (TPSA) is 34.0 Å². The van der Waals surface area contributed by atoms with Crippen molar-refractivity contribution >= 4 is 0 Å². The Bertz CT molecular complexity index is 355. The van der Waals surface area contributed by atoms with Gasteiger partial charge in [0.25, 0.3) is 5.56 Å². The van der Waals surface area contributed by atoms with Gasteiger partial charge in [0.1, 0.15) is 0 Å². The third-order valence-electron chi connectivity index (χ3n) is 2.28. The van der Waals surface area contributed by atoms with E-state index in [2.05, 4.69) is 19.2 Å². The van der Waals surface area contributed by atoms with Crippen LogP contribution in [-0.4, -0.2) is 17.2 Å². The number of rotatable bonds is 5. The summed E-state index contributed by atoms with van der Waals surface area (Å²) in [5.41, 5.74) is 1.12. The van der Waals surface area contributed by atoms with Gasteiger partial charge in [-0.25, -0.2) is 0 Å². The monoisotopic (exact) mass is 208 g/mol. The molecule has 15 heavy (non-hydrogen) atoms. The van der Waals surface area contributed by atoms with Crippen molar-refractivity contribution < 1.29 is 0 Å². The molecule has 1 heterocycles. The highest BCUT2D eigenvalue weighted by atomic mass is 16.1. The van der Waals surface area contributed by atoms with Crippen LogP contribution in [0, 0.1) is 6.92 Å². The van der Waals surface area contributed by atoms with E-state index in [4.69, 9.17) is 0 Å². The lowest BCUT2D eigenvalue weighted by molar-refractivity contribution is 0.530. The van der Waals surface area contributed by atoms with Gasteiger partial charge in [-0.2, -0.15) is 0 Å². The van der Waals surface area contributed by atoms with Crippen LogP contribution in [-0.2, 0) is 6.54 Å². The minimum absolute atomic E-state index is 0.0968. The van der Waals surface area contributed by atoms with Crippen molar-refractivity contribution in [2.75, 3.05) is 6.54 Å². The summed E-state index contributed by atoms with van der Waals surface area (Å²) in [5, 5.41) is 3.33. The molecule has 1 rings (SSSR count). The van der Waals surface area contributed by atoms with Gasteiger partial charge < -0.3 is 9.88 Å². The van der Waals surface area contributed by atoms with Gasteiger partial charge in [0.05, 0.1) is 0 Å². The van der Waals surface area contributed by atoms with Crippen molar-refractivity contribution in [1.82, 2.24) is 9.88 Å². The predicted molar refractivity (Wildman–Crippen MR) is 63.2 cm³/mol. The van der Waals surface area contributed by atoms with E-state index in [0.29, 0.717) is 6.04 Å². The van der Waals surface area contributed by atoms with E-state index in [1.54, 1.807) is 10.6 Å². The van der Waals surface area contributed by atoms with Gasteiger partial charge in [-0.15, -0.1) is 0 Å². The summed E-state index contributed by atoms with van der Waals surface area (Å²) in [6, 6.07) is 4.16. The fourth-order valence-corrected chi connectivity index (χ4v) is 1.43. The number of hydrogen-bond acceptors (Lipinski definition) is 2. The lowest BCUT2D eigenvalue weighted by atomic mass is 10.3. The first-order valence-corrected chi connectivity index (χ1v) is 5.50. The molecule has 0 radical (unpaired) electrons. The minimum Gasteiger partial charge on any atom is -0.315 e. The highest BCUT2D eigenvalue weighted by Crippen LogP contribution is 1.92. The molecule has 0 fully saturated rings. The van der Waals surface area contributed by atoms with Gasteiger partial charge in [-0.3, -0.25) is 4.79 Å². The zero-order valence-corrected chi connectivity index (χ0v) is 9.79. The zero-order chi connectivity index (χ0) is 11.3. The second kappa shape index (κ2) is 5.71. The second-order valence-corrected chi connectivity index (χ2v) is 4.20. The zero-order valence-electron chi connectivity index (χ0n) is 9.79. The number of hydrogen-bond donors (Lipinski definition) is 1. The van der Waals surface area contributed by atoms with Crippen LogP contribution in [0.15, 0.2) is 23.1 Å². The fourth-order valence-electron chi connectivity index (χ4n) is 1.43. The molecule has 0 aromatic carbocycles. The lowest BCUT2D eigenvalue weighted by Gasteiger charge is -2.09. The van der Waals surface area contributed by atoms with Gasteiger partial charge in [-0.1, -0.05) is 13.8 Å². The maximum atomic E-state index is 11.5. The highest BCUT2D eigenvalue weighted by Gasteiger charge is 1.96. The standard InChI is InChI=1S/C12H20N2O/c1-10(2)13-6-4-7-14-8-5-11(3)9-12(14)15/h5,8-10,13H,4,6-7H2,1-3H3. The second-order valence-electron chi connectivity index (χ2n) is 4.20. The Morgan fingerprint density at radius 1 is 1.47 bits per heavy atom. The maximum Gasteiger partial charge on any atom is 0.250 e. The number of aryl methyl sites for hydroxylation is 2. The molecule has 0 atom stereocenters. The van der Waals surface area contributed by atoms with Crippen LogP contribution < -0.4 is 10.9 Å². The van der Waals surface area contributed by atoms with Crippen LogP contribution in [0.25, 0.3) is 0 Å². The number of nitrogens with zero attached hydrogens (tertiary/aromatic N) is 1. The summed E-state index contributed by atoms with van der Waals surface area (Å²) >= 11 is 0. The average Bonchev–Trinajstić information content (AvgIpc) is 2.14. The molecular formula is C12H20N2O. The smallest absolute Gasteiger partial charge is 0.250 e. The van der Waals surface area contributed by atoms with E-state index >= 15 is 0 Å². The highest BCUT2D eigenvalue weighted by molar-refractivity contribution is 5.07. The Morgan fingerprint density at radius 2 is 2.20 bits per heavy atom. The third kappa shape index (κ3) is 4.30. The van der Waals surface area contributed by atoms with Crippen molar-refractivity contribution in [3.8, 4) is 0 Å². The first-order valence-electron chi connectivity index (χ1n) is 5.50. The van der Waals surface area contributed by atoms with Crippen molar-refractivity contribution in [1.29, 1.82) is 0 Å². The summed E-state index contributed by atoms with van der Waals surface area (Å²) in [4.78, 5) is 11.5. The van der Waals surface area contributed by atoms with Gasteiger partial charge in [-0.05, 0) is 31.5 Å². The van der Waals surface area contributed by atoms with Crippen molar-refractivity contribution in [3.63, 3.8) is 0 Å². The summed E-state index contributed by atoms with van der Waals surface area (Å²) < 4.78 is 1.76. The number of pyridine rings is 1. The molecule has 0 aliphatic rings. The summed E-state index contributed by atoms with van der Waals surface area (Å²) in [6.45, 7) is 7.93. The van der Waals surface area contributed by atoms with Crippen molar-refractivity contribution in [3.05, 3.63) is 34.2 Å². The molecule has 3 nitrogen and oxygen atoms in total. The van der Waals surface area contributed by atoms with E-state index in [1.165, 1.54) is 0 Å². The summed E-state index contributed by atoms with van der Waals surface area (Å²) in [7, 11) is 0. The van der Waals surface area contributed by atoms with E-state index in [0.717, 1.165) is 25.1 Å². The minimum atomic E-state index is 0.0968. The third-order valence-corrected chi connectivity index (χ3v) is 2.28. The molecule has 1 N–H and O–H groups in total. The summed E-state index contributed by atoms with van der Waals surface area (Å²) in [5.74, 6) is 0. The van der Waals surface area contributed by atoms with Crippen LogP contribution in [0.2, 0.25) is 0 Å². The maximum absolute atomic E-state index is 11.5. The molecule has 0 saturated carbocycles. The molecule has 0 aliphatic heterocycles. The number of nitrogens with one attached hydrogen (secondary N) is 1. The molecule has 0 unspecified atom stereocenters. The van der Waals surface area contributed by atoms with E-state index < -0.39 is 0 Å². The van der Waals surface area contributed by atoms with Gasteiger partial charge >= 0.3 is 0 Å². The van der Waals surface area contributed by atoms with Crippen LogP contribution in [0.4, 0.5) is 0 Å². The Morgan fingerprint density at radius 3 is 2.80 bits per heavy atom. The quantitative estimate of drug-likeness (QED) is 0.745. The molecule has 0 bridgehead atoms. The van der Waals surface area contributed by atoms with Crippen molar-refractivity contribution in [2.45, 2.75) is 39.8 Å². The largest absolute Gasteiger partial charge is 0.315 e. The van der Waals surface area contributed by atoms with Crippen LogP contribution in [0.5, 0.6) is 0 Å². The van der Waals surface area contributed by atoms with Crippen LogP contribution in [0.1, 0.15) is 25.8 Å². The molecule has 0 aliphatic carbocycles. The van der Waals surface area contributed by atoms with Gasteiger partial charge in [0.2, 0.25) is 0 Å². The van der Waals surface area contributed by atoms with E-state index in [1.807, 2.05) is 19.2 Å². The normalized spacial score (nSPS) is 10.9. The molecular weight excluding hydrogens is 188 g/mol. The first-order chi connectivity index (χ1) is 7.09. The predicted octanol–water partition coefficient (Wildman–Crippen LogP) is 1.54. The first kappa shape index (κ1) is 12.0. The number of aromatic nitrogens is 1. The van der Waals surface area contributed by atoms with Crippen LogP contribution in [0.3, 0.4) is 0 Å². The molecule has 0 saturated heterocycles. The lowest BCUT2D eigenvalue weighted by Crippen LogP contribution is -2.26. The summed E-state index contributed by atoms with van der Waals surface area (Å²) in [6.07, 6.45) is 2.86. The van der Waals surface area contributed by atoms with Crippen LogP contribution >= 0.6 is 0 Å². The molecule has 0 spiro atoms. The Labute approximate surface area is 91.1 Å². The van der Waals surface area contributed by atoms with E-state index in [9.17, 15) is 4.79 Å². The SMILES string of the molecule is Cc1ccn(CCCNC(C)C)c(=O)c1. The Hall–Kier alpha value is -1.09. The van der Waals surface area contributed by atoms with Gasteiger partial charge in [0, 0.05) is 24.8 Å². The van der Waals surface area contributed by atoms with Gasteiger partial charge in [0.15, 0.2) is 0 Å². The molecule has 84 valence electrons. The Kier molecular flexibility index (Phi) is 4.56.